The van der Waals surface area contributed by atoms with Crippen LogP contribution in [0.15, 0.2) is 0 Å². The summed E-state index contributed by atoms with van der Waals surface area (Å²) in [6, 6.07) is 0. The molecule has 0 saturated heterocycles. The molecule has 2 nitrogen and oxygen atoms in total. The third-order valence-electron chi connectivity index (χ3n) is 9.29. The van der Waals surface area contributed by atoms with E-state index in [1.807, 2.05) is 6.92 Å². The molecule has 23 heavy (non-hydrogen) atoms. The Hall–Kier alpha value is -0.0800. The zero-order valence-corrected chi connectivity index (χ0v) is 15.3. The second-order valence-electron chi connectivity index (χ2n) is 10.1. The van der Waals surface area contributed by atoms with E-state index >= 15 is 0 Å². The van der Waals surface area contributed by atoms with Gasteiger partial charge in [0.05, 0.1) is 12.2 Å². The molecule has 2 heteroatoms. The van der Waals surface area contributed by atoms with E-state index in [-0.39, 0.29) is 12.2 Å². The second kappa shape index (κ2) is 5.46. The third-order valence-corrected chi connectivity index (χ3v) is 9.29. The van der Waals surface area contributed by atoms with Crippen molar-refractivity contribution in [1.82, 2.24) is 0 Å². The highest BCUT2D eigenvalue weighted by atomic mass is 16.3. The fourth-order valence-corrected chi connectivity index (χ4v) is 8.07. The molecule has 4 aliphatic rings. The van der Waals surface area contributed by atoms with Gasteiger partial charge in [0.2, 0.25) is 0 Å². The fraction of sp³-hybridized carbons (Fsp3) is 1.00. The third kappa shape index (κ3) is 2.27. The van der Waals surface area contributed by atoms with Crippen LogP contribution in [0.5, 0.6) is 0 Å². The van der Waals surface area contributed by atoms with Gasteiger partial charge < -0.3 is 10.2 Å². The first-order valence-electron chi connectivity index (χ1n) is 10.2. The molecule has 132 valence electrons. The number of aliphatic hydroxyl groups excluding tert-OH is 2. The highest BCUT2D eigenvalue weighted by molar-refractivity contribution is 5.09. The van der Waals surface area contributed by atoms with Gasteiger partial charge in [-0.3, -0.25) is 0 Å². The van der Waals surface area contributed by atoms with Crippen LogP contribution in [-0.4, -0.2) is 22.4 Å². The zero-order valence-electron chi connectivity index (χ0n) is 15.3. The van der Waals surface area contributed by atoms with Crippen molar-refractivity contribution >= 4 is 0 Å². The Bertz CT molecular complexity index is 461. The standard InChI is InChI=1S/C21H36O2/c1-13(22)17-6-7-18-16-5-4-14-12-15(23)8-10-20(14,2)19(16)9-11-21(17,18)3/h13-19,22-23H,4-12H2,1-3H3/t13-,14-,15-,16+,17+,18-,19+,20-,21+/m0/s1. The van der Waals surface area contributed by atoms with Crippen molar-refractivity contribution in [3.8, 4) is 0 Å². The van der Waals surface area contributed by atoms with Crippen LogP contribution in [0, 0.1) is 40.4 Å². The van der Waals surface area contributed by atoms with E-state index in [0.29, 0.717) is 16.7 Å². The molecule has 0 unspecified atom stereocenters. The van der Waals surface area contributed by atoms with Gasteiger partial charge >= 0.3 is 0 Å². The van der Waals surface area contributed by atoms with Crippen LogP contribution in [0.1, 0.15) is 78.6 Å². The highest BCUT2D eigenvalue weighted by Crippen LogP contribution is 2.67. The maximum Gasteiger partial charge on any atom is 0.0545 e. The Morgan fingerprint density at radius 3 is 2.30 bits per heavy atom. The summed E-state index contributed by atoms with van der Waals surface area (Å²) in [5.74, 6) is 3.87. The van der Waals surface area contributed by atoms with Crippen LogP contribution in [0.3, 0.4) is 0 Å². The first-order valence-corrected chi connectivity index (χ1v) is 10.2. The van der Waals surface area contributed by atoms with Gasteiger partial charge in [-0.1, -0.05) is 13.8 Å². The van der Waals surface area contributed by atoms with E-state index in [0.717, 1.165) is 36.5 Å². The minimum atomic E-state index is -0.140. The summed E-state index contributed by atoms with van der Waals surface area (Å²) in [6.07, 6.45) is 11.1. The van der Waals surface area contributed by atoms with Gasteiger partial charge in [-0.05, 0) is 105 Å². The summed E-state index contributed by atoms with van der Waals surface area (Å²) in [7, 11) is 0. The zero-order chi connectivity index (χ0) is 16.4. The van der Waals surface area contributed by atoms with Crippen LogP contribution in [-0.2, 0) is 0 Å². The van der Waals surface area contributed by atoms with Crippen molar-refractivity contribution in [3.63, 3.8) is 0 Å². The molecule has 2 N–H and O–H groups in total. The summed E-state index contributed by atoms with van der Waals surface area (Å²) >= 11 is 0. The quantitative estimate of drug-likeness (QED) is 0.752. The van der Waals surface area contributed by atoms with Crippen LogP contribution < -0.4 is 0 Å². The molecule has 4 aliphatic carbocycles. The fourth-order valence-electron chi connectivity index (χ4n) is 8.07. The van der Waals surface area contributed by atoms with Gasteiger partial charge in [-0.15, -0.1) is 0 Å². The summed E-state index contributed by atoms with van der Waals surface area (Å²) in [5, 5.41) is 20.4. The molecule has 0 aromatic heterocycles. The molecule has 0 radical (unpaired) electrons. The molecule has 0 spiro atoms. The number of fused-ring (bicyclic) bond motifs is 5. The average Bonchev–Trinajstić information content (AvgIpc) is 2.85. The van der Waals surface area contributed by atoms with E-state index in [1.165, 1.54) is 44.9 Å². The Balaban J connectivity index is 1.60. The Labute approximate surface area is 142 Å². The molecule has 4 saturated carbocycles. The van der Waals surface area contributed by atoms with E-state index in [9.17, 15) is 10.2 Å². The van der Waals surface area contributed by atoms with Gasteiger partial charge in [-0.25, -0.2) is 0 Å². The van der Waals surface area contributed by atoms with E-state index in [1.54, 1.807) is 0 Å². The largest absolute Gasteiger partial charge is 0.393 e. The van der Waals surface area contributed by atoms with E-state index in [4.69, 9.17) is 0 Å². The molecule has 0 aromatic carbocycles. The van der Waals surface area contributed by atoms with Crippen molar-refractivity contribution < 1.29 is 10.2 Å². The Morgan fingerprint density at radius 2 is 1.57 bits per heavy atom. The number of hydrogen-bond donors (Lipinski definition) is 2. The second-order valence-corrected chi connectivity index (χ2v) is 10.1. The van der Waals surface area contributed by atoms with Crippen molar-refractivity contribution in [2.45, 2.75) is 90.8 Å². The molecule has 4 fully saturated rings. The van der Waals surface area contributed by atoms with Gasteiger partial charge in [0.25, 0.3) is 0 Å². The molecule has 0 aliphatic heterocycles. The van der Waals surface area contributed by atoms with Gasteiger partial charge in [0.1, 0.15) is 0 Å². The average molecular weight is 321 g/mol. The van der Waals surface area contributed by atoms with Crippen molar-refractivity contribution in [3.05, 3.63) is 0 Å². The summed E-state index contributed by atoms with van der Waals surface area (Å²) in [5.41, 5.74) is 0.860. The molecule has 0 aromatic rings. The van der Waals surface area contributed by atoms with E-state index < -0.39 is 0 Å². The summed E-state index contributed by atoms with van der Waals surface area (Å²) in [4.78, 5) is 0. The smallest absolute Gasteiger partial charge is 0.0545 e. The van der Waals surface area contributed by atoms with Crippen molar-refractivity contribution in [2.24, 2.45) is 40.4 Å². The highest BCUT2D eigenvalue weighted by Gasteiger charge is 2.60. The van der Waals surface area contributed by atoms with Crippen molar-refractivity contribution in [2.75, 3.05) is 0 Å². The normalized spacial score (nSPS) is 57.3. The van der Waals surface area contributed by atoms with Crippen molar-refractivity contribution in [1.29, 1.82) is 0 Å². The number of rotatable bonds is 1. The van der Waals surface area contributed by atoms with Crippen LogP contribution in [0.25, 0.3) is 0 Å². The lowest BCUT2D eigenvalue weighted by atomic mass is 9.44. The summed E-state index contributed by atoms with van der Waals surface area (Å²) < 4.78 is 0. The van der Waals surface area contributed by atoms with Gasteiger partial charge in [0.15, 0.2) is 0 Å². The molecule has 0 bridgehead atoms. The lowest BCUT2D eigenvalue weighted by molar-refractivity contribution is -0.132. The van der Waals surface area contributed by atoms with Crippen LogP contribution >= 0.6 is 0 Å². The topological polar surface area (TPSA) is 40.5 Å². The number of hydrogen-bond acceptors (Lipinski definition) is 2. The molecule has 0 amide bonds. The SMILES string of the molecule is C[C@H](O)[C@H]1CC[C@H]2[C@H]3CC[C@H]4C[C@@H](O)CC[C@]4(C)[C@@H]3CC[C@]12C. The predicted molar refractivity (Wildman–Crippen MR) is 92.9 cm³/mol. The van der Waals surface area contributed by atoms with Gasteiger partial charge in [0, 0.05) is 0 Å². The lowest BCUT2D eigenvalue weighted by Crippen LogP contribution is -2.54. The molecule has 4 rings (SSSR count). The van der Waals surface area contributed by atoms with E-state index in [2.05, 4.69) is 13.8 Å². The number of aliphatic hydroxyl groups is 2. The molecule has 0 heterocycles. The lowest BCUT2D eigenvalue weighted by Gasteiger charge is -2.61. The Morgan fingerprint density at radius 1 is 0.870 bits per heavy atom. The van der Waals surface area contributed by atoms with Gasteiger partial charge in [-0.2, -0.15) is 0 Å². The molecular formula is C21H36O2. The maximum atomic E-state index is 10.3. The maximum absolute atomic E-state index is 10.3. The molecular weight excluding hydrogens is 284 g/mol. The molecule has 9 atom stereocenters. The predicted octanol–water partition coefficient (Wildman–Crippen LogP) is 4.39. The minimum Gasteiger partial charge on any atom is -0.393 e. The first-order chi connectivity index (χ1) is 10.9. The minimum absolute atomic E-state index is 0.0374. The Kier molecular flexibility index (Phi) is 3.89. The monoisotopic (exact) mass is 320 g/mol. The first kappa shape index (κ1) is 16.4. The van der Waals surface area contributed by atoms with Crippen LogP contribution in [0.4, 0.5) is 0 Å². The summed E-state index contributed by atoms with van der Waals surface area (Å²) in [6.45, 7) is 7.08. The van der Waals surface area contributed by atoms with Crippen LogP contribution in [0.2, 0.25) is 0 Å².